The number of benzene rings is 1. The number of carbonyl (C=O) groups is 1. The van der Waals surface area contributed by atoms with Crippen molar-refractivity contribution in [2.24, 2.45) is 5.41 Å². The molecule has 1 aromatic heterocycles. The summed E-state index contributed by atoms with van der Waals surface area (Å²) in [6, 6.07) is 6.79. The predicted octanol–water partition coefficient (Wildman–Crippen LogP) is 1.95. The molecule has 1 atom stereocenters. The Labute approximate surface area is 134 Å². The summed E-state index contributed by atoms with van der Waals surface area (Å²) in [5, 5.41) is 6.61. The van der Waals surface area contributed by atoms with Crippen LogP contribution in [0.15, 0.2) is 33.6 Å². The Hall–Kier alpha value is -2.57. The van der Waals surface area contributed by atoms with Crippen LogP contribution >= 0.6 is 0 Å². The van der Waals surface area contributed by atoms with Crippen LogP contribution in [0.5, 0.6) is 0 Å². The average Bonchev–Trinajstić information content (AvgIpc) is 2.89. The lowest BCUT2D eigenvalue weighted by atomic mass is 9.86. The van der Waals surface area contributed by atoms with Gasteiger partial charge in [0.25, 0.3) is 5.91 Å². The fourth-order valence-electron chi connectivity index (χ4n) is 2.19. The number of rotatable bonds is 4. The van der Waals surface area contributed by atoms with Gasteiger partial charge in [-0.1, -0.05) is 25.9 Å². The predicted molar refractivity (Wildman–Crippen MR) is 87.6 cm³/mol. The van der Waals surface area contributed by atoms with Crippen molar-refractivity contribution in [1.82, 2.24) is 15.5 Å². The molecule has 0 bridgehead atoms. The molecule has 0 aliphatic carbocycles. The number of anilines is 1. The van der Waals surface area contributed by atoms with E-state index < -0.39 is 11.8 Å². The minimum Gasteiger partial charge on any atom is -0.378 e. The lowest BCUT2D eigenvalue weighted by molar-refractivity contribution is 0.0896. The van der Waals surface area contributed by atoms with Crippen LogP contribution in [0.3, 0.4) is 0 Å². The summed E-state index contributed by atoms with van der Waals surface area (Å²) >= 11 is 0. The first kappa shape index (κ1) is 16.8. The summed E-state index contributed by atoms with van der Waals surface area (Å²) in [6.45, 7) is 5.83. The Morgan fingerprint density at radius 2 is 1.87 bits per heavy atom. The molecule has 1 unspecified atom stereocenters. The van der Waals surface area contributed by atoms with Gasteiger partial charge in [-0.3, -0.25) is 14.3 Å². The highest BCUT2D eigenvalue weighted by Crippen LogP contribution is 2.30. The molecule has 0 fully saturated rings. The number of amides is 1. The van der Waals surface area contributed by atoms with E-state index in [-0.39, 0.29) is 11.3 Å². The smallest absolute Gasteiger partial charge is 0.378 e. The monoisotopic (exact) mass is 318 g/mol. The van der Waals surface area contributed by atoms with Crippen molar-refractivity contribution in [1.29, 1.82) is 0 Å². The molecule has 0 radical (unpaired) electrons. The van der Waals surface area contributed by atoms with Gasteiger partial charge in [-0.2, -0.15) is 0 Å². The molecule has 2 N–H and O–H groups in total. The lowest BCUT2D eigenvalue weighted by Gasteiger charge is -2.29. The van der Waals surface area contributed by atoms with Crippen LogP contribution in [0, 0.1) is 5.41 Å². The van der Waals surface area contributed by atoms with E-state index in [4.69, 9.17) is 0 Å². The summed E-state index contributed by atoms with van der Waals surface area (Å²) in [5.41, 5.74) is 1.20. The van der Waals surface area contributed by atoms with E-state index in [1.165, 1.54) is 0 Å². The molecule has 0 saturated heterocycles. The third kappa shape index (κ3) is 4.00. The minimum atomic E-state index is -0.640. The average molecular weight is 318 g/mol. The Balaban J connectivity index is 2.22. The fraction of sp³-hybridized carbons (Fsp3) is 0.438. The highest BCUT2D eigenvalue weighted by Gasteiger charge is 2.31. The third-order valence-electron chi connectivity index (χ3n) is 3.52. The van der Waals surface area contributed by atoms with Gasteiger partial charge < -0.3 is 10.2 Å². The summed E-state index contributed by atoms with van der Waals surface area (Å²) in [6.07, 6.45) is 0. The Bertz CT molecular complexity index is 723. The van der Waals surface area contributed by atoms with E-state index in [2.05, 4.69) is 20.0 Å². The van der Waals surface area contributed by atoms with Gasteiger partial charge in [0.1, 0.15) is 0 Å². The first-order valence-corrected chi connectivity index (χ1v) is 7.32. The van der Waals surface area contributed by atoms with Gasteiger partial charge >= 0.3 is 5.76 Å². The topological polar surface area (TPSA) is 91.2 Å². The first-order valence-electron chi connectivity index (χ1n) is 7.32. The Kier molecular flexibility index (Phi) is 4.58. The molecule has 2 rings (SSSR count). The van der Waals surface area contributed by atoms with Gasteiger partial charge in [0.15, 0.2) is 5.82 Å². The molecule has 23 heavy (non-hydrogen) atoms. The number of aromatic nitrogens is 2. The zero-order valence-corrected chi connectivity index (χ0v) is 14.0. The first-order chi connectivity index (χ1) is 10.7. The largest absolute Gasteiger partial charge is 0.438 e. The molecule has 7 nitrogen and oxygen atoms in total. The second kappa shape index (κ2) is 6.28. The molecule has 2 aromatic rings. The maximum Gasteiger partial charge on any atom is 0.438 e. The van der Waals surface area contributed by atoms with Crippen molar-refractivity contribution in [3.05, 3.63) is 46.2 Å². The molecular formula is C16H22N4O3. The second-order valence-electron chi connectivity index (χ2n) is 6.69. The number of nitrogens with zero attached hydrogens (tertiary/aromatic N) is 2. The summed E-state index contributed by atoms with van der Waals surface area (Å²) in [7, 11) is 3.87. The summed E-state index contributed by atoms with van der Waals surface area (Å²) < 4.78 is 4.55. The molecule has 1 aromatic carbocycles. The molecule has 0 spiro atoms. The number of hydrogen-bond donors (Lipinski definition) is 2. The number of hydrogen-bond acceptors (Lipinski definition) is 5. The number of nitrogens with one attached hydrogen (secondary N) is 2. The van der Waals surface area contributed by atoms with Gasteiger partial charge in [0, 0.05) is 25.3 Å². The molecule has 7 heteroatoms. The van der Waals surface area contributed by atoms with Gasteiger partial charge in [-0.15, -0.1) is 0 Å². The third-order valence-corrected chi connectivity index (χ3v) is 3.52. The van der Waals surface area contributed by atoms with Crippen LogP contribution in [0.4, 0.5) is 5.69 Å². The molecule has 1 heterocycles. The van der Waals surface area contributed by atoms with Crippen molar-refractivity contribution in [2.45, 2.75) is 26.8 Å². The normalized spacial score (nSPS) is 12.7. The van der Waals surface area contributed by atoms with E-state index in [1.807, 2.05) is 51.9 Å². The molecule has 0 saturated carbocycles. The molecule has 0 aliphatic rings. The summed E-state index contributed by atoms with van der Waals surface area (Å²) in [4.78, 5) is 28.1. The lowest BCUT2D eigenvalue weighted by Crippen LogP contribution is -2.37. The van der Waals surface area contributed by atoms with Crippen molar-refractivity contribution < 1.29 is 9.32 Å². The van der Waals surface area contributed by atoms with E-state index in [9.17, 15) is 9.59 Å². The van der Waals surface area contributed by atoms with Gasteiger partial charge in [-0.05, 0) is 29.7 Å². The molecule has 124 valence electrons. The molecule has 1 amide bonds. The molecule has 0 aliphatic heterocycles. The van der Waals surface area contributed by atoms with Gasteiger partial charge in [0.05, 0.1) is 6.04 Å². The zero-order chi connectivity index (χ0) is 17.2. The quantitative estimate of drug-likeness (QED) is 0.899. The van der Waals surface area contributed by atoms with Crippen LogP contribution in [0.1, 0.15) is 43.0 Å². The van der Waals surface area contributed by atoms with Crippen molar-refractivity contribution in [3.8, 4) is 0 Å². The SMILES string of the molecule is CN(C)c1ccc(C(=O)NC(c2noc(=O)[nH]2)C(C)(C)C)cc1. The Morgan fingerprint density at radius 1 is 1.26 bits per heavy atom. The van der Waals surface area contributed by atoms with Gasteiger partial charge in [-0.25, -0.2) is 4.79 Å². The van der Waals surface area contributed by atoms with Crippen LogP contribution in [0.2, 0.25) is 0 Å². The van der Waals surface area contributed by atoms with Crippen molar-refractivity contribution in [3.63, 3.8) is 0 Å². The molecular weight excluding hydrogens is 296 g/mol. The van der Waals surface area contributed by atoms with Crippen LogP contribution in [-0.2, 0) is 0 Å². The standard InChI is InChI=1S/C16H22N4O3/c1-16(2,3)12(13-18-15(22)23-19-13)17-14(21)10-6-8-11(9-7-10)20(4)5/h6-9,12H,1-5H3,(H,17,21)(H,18,19,22). The van der Waals surface area contributed by atoms with Crippen LogP contribution < -0.4 is 16.0 Å². The van der Waals surface area contributed by atoms with E-state index >= 15 is 0 Å². The highest BCUT2D eigenvalue weighted by atomic mass is 16.5. The van der Waals surface area contributed by atoms with E-state index in [0.29, 0.717) is 11.4 Å². The van der Waals surface area contributed by atoms with Gasteiger partial charge in [0.2, 0.25) is 0 Å². The van der Waals surface area contributed by atoms with Crippen molar-refractivity contribution in [2.75, 3.05) is 19.0 Å². The maximum absolute atomic E-state index is 12.5. The highest BCUT2D eigenvalue weighted by molar-refractivity contribution is 5.94. The minimum absolute atomic E-state index is 0.237. The van der Waals surface area contributed by atoms with Crippen molar-refractivity contribution >= 4 is 11.6 Å². The number of carbonyl (C=O) groups excluding carboxylic acids is 1. The van der Waals surface area contributed by atoms with Crippen LogP contribution in [-0.4, -0.2) is 30.1 Å². The maximum atomic E-state index is 12.5. The Morgan fingerprint density at radius 3 is 2.30 bits per heavy atom. The van der Waals surface area contributed by atoms with E-state index in [1.54, 1.807) is 12.1 Å². The number of aromatic amines is 1. The van der Waals surface area contributed by atoms with E-state index in [0.717, 1.165) is 5.69 Å². The number of H-pyrrole nitrogens is 1. The zero-order valence-electron chi connectivity index (χ0n) is 14.0. The fourth-order valence-corrected chi connectivity index (χ4v) is 2.19. The summed E-state index contributed by atoms with van der Waals surface area (Å²) in [5.74, 6) is -0.571. The second-order valence-corrected chi connectivity index (χ2v) is 6.69. The van der Waals surface area contributed by atoms with Crippen LogP contribution in [0.25, 0.3) is 0 Å².